The highest BCUT2D eigenvalue weighted by Gasteiger charge is 2.14. The van der Waals surface area contributed by atoms with Crippen molar-refractivity contribution in [1.82, 2.24) is 0 Å². The summed E-state index contributed by atoms with van der Waals surface area (Å²) in [7, 11) is 0. The summed E-state index contributed by atoms with van der Waals surface area (Å²) in [5, 5.41) is 20.7. The van der Waals surface area contributed by atoms with Crippen molar-refractivity contribution in [3.05, 3.63) is 62.1 Å². The number of amides is 1. The fourth-order valence-corrected chi connectivity index (χ4v) is 2.86. The average molecular weight is 470 g/mol. The number of hydrogen-bond donors (Lipinski definition) is 2. The highest BCUT2D eigenvalue weighted by molar-refractivity contribution is 9.10. The van der Waals surface area contributed by atoms with Crippen molar-refractivity contribution in [2.75, 3.05) is 11.9 Å². The maximum Gasteiger partial charge on any atom is 0.341 e. The molecule has 0 fully saturated rings. The minimum atomic E-state index is -1.18. The van der Waals surface area contributed by atoms with Crippen LogP contribution in [0.15, 0.2) is 46.4 Å². The lowest BCUT2D eigenvalue weighted by atomic mass is 10.1. The zero-order valence-electron chi connectivity index (χ0n) is 13.5. The van der Waals surface area contributed by atoms with E-state index in [0.29, 0.717) is 11.3 Å². The van der Waals surface area contributed by atoms with Gasteiger partial charge < -0.3 is 15.2 Å². The number of anilines is 1. The van der Waals surface area contributed by atoms with E-state index in [1.165, 1.54) is 18.2 Å². The predicted octanol–water partition coefficient (Wildman–Crippen LogP) is 4.76. The van der Waals surface area contributed by atoms with Crippen LogP contribution in [0.25, 0.3) is 6.08 Å². The molecule has 2 aromatic carbocycles. The number of carboxylic acid groups (broad SMARTS) is 1. The van der Waals surface area contributed by atoms with Crippen LogP contribution in [0, 0.1) is 11.3 Å². The van der Waals surface area contributed by atoms with Gasteiger partial charge in [0.1, 0.15) is 11.6 Å². The fourth-order valence-electron chi connectivity index (χ4n) is 1.98. The van der Waals surface area contributed by atoms with Crippen molar-refractivity contribution in [1.29, 1.82) is 5.26 Å². The van der Waals surface area contributed by atoms with E-state index in [1.54, 1.807) is 24.3 Å². The number of nitrogens with zero attached hydrogens (tertiary/aromatic N) is 1. The molecule has 0 radical (unpaired) electrons. The van der Waals surface area contributed by atoms with Gasteiger partial charge in [-0.1, -0.05) is 39.1 Å². The van der Waals surface area contributed by atoms with Crippen molar-refractivity contribution in [2.24, 2.45) is 0 Å². The van der Waals surface area contributed by atoms with Crippen LogP contribution in [0.4, 0.5) is 5.69 Å². The maximum absolute atomic E-state index is 12.3. The topological polar surface area (TPSA) is 99.4 Å². The summed E-state index contributed by atoms with van der Waals surface area (Å²) in [6.45, 7) is -0.604. The maximum atomic E-state index is 12.3. The van der Waals surface area contributed by atoms with E-state index in [1.807, 2.05) is 6.07 Å². The number of ether oxygens (including phenoxy) is 1. The van der Waals surface area contributed by atoms with Crippen LogP contribution in [0.5, 0.6) is 5.75 Å². The number of aliphatic carboxylic acids is 1. The molecule has 27 heavy (non-hydrogen) atoms. The number of carbonyl (C=O) groups is 2. The molecule has 0 bridgehead atoms. The number of carboxylic acids is 1. The molecule has 138 valence electrons. The Bertz CT molecular complexity index is 930. The zero-order valence-corrected chi connectivity index (χ0v) is 16.6. The minimum absolute atomic E-state index is 0.00991. The van der Waals surface area contributed by atoms with Crippen LogP contribution >= 0.6 is 39.1 Å². The molecule has 0 aliphatic carbocycles. The van der Waals surface area contributed by atoms with Gasteiger partial charge in [-0.15, -0.1) is 0 Å². The first kappa shape index (κ1) is 20.8. The van der Waals surface area contributed by atoms with E-state index in [0.717, 1.165) is 4.47 Å². The molecule has 0 unspecified atom stereocenters. The van der Waals surface area contributed by atoms with Crippen LogP contribution in [0.2, 0.25) is 10.0 Å². The van der Waals surface area contributed by atoms with Gasteiger partial charge in [-0.25, -0.2) is 4.79 Å². The molecule has 2 aromatic rings. The number of nitriles is 1. The summed E-state index contributed by atoms with van der Waals surface area (Å²) in [6, 6.07) is 11.5. The van der Waals surface area contributed by atoms with Crippen molar-refractivity contribution < 1.29 is 19.4 Å². The van der Waals surface area contributed by atoms with Gasteiger partial charge in [0, 0.05) is 10.2 Å². The van der Waals surface area contributed by atoms with E-state index in [9.17, 15) is 14.9 Å². The van der Waals surface area contributed by atoms with Gasteiger partial charge in [0.25, 0.3) is 5.91 Å². The summed E-state index contributed by atoms with van der Waals surface area (Å²) in [5.41, 5.74) is 0.747. The molecule has 0 atom stereocenters. The quantitative estimate of drug-likeness (QED) is 0.469. The van der Waals surface area contributed by atoms with E-state index in [-0.39, 0.29) is 21.4 Å². The first-order valence-electron chi connectivity index (χ1n) is 7.32. The second-order valence-corrected chi connectivity index (χ2v) is 6.86. The van der Waals surface area contributed by atoms with Crippen LogP contribution in [-0.2, 0) is 9.59 Å². The fraction of sp³-hybridized carbons (Fsp3) is 0.0556. The van der Waals surface area contributed by atoms with Gasteiger partial charge in [0.15, 0.2) is 12.4 Å². The Morgan fingerprint density at radius 3 is 2.33 bits per heavy atom. The van der Waals surface area contributed by atoms with Gasteiger partial charge in [-0.2, -0.15) is 5.26 Å². The molecule has 1 amide bonds. The SMILES string of the molecule is N#C/C(=C/c1cc(Cl)c(OCC(=O)O)c(Cl)c1)C(=O)Nc1ccc(Br)cc1. The first-order chi connectivity index (χ1) is 12.8. The lowest BCUT2D eigenvalue weighted by Crippen LogP contribution is -2.13. The molecular weight excluding hydrogens is 459 g/mol. The highest BCUT2D eigenvalue weighted by atomic mass is 79.9. The second kappa shape index (κ2) is 9.42. The Labute approximate surface area is 173 Å². The van der Waals surface area contributed by atoms with Crippen LogP contribution in [0.1, 0.15) is 5.56 Å². The molecule has 0 spiro atoms. The van der Waals surface area contributed by atoms with E-state index >= 15 is 0 Å². The molecule has 0 heterocycles. The van der Waals surface area contributed by atoms with Gasteiger partial charge in [-0.05, 0) is 48.0 Å². The Morgan fingerprint density at radius 1 is 1.22 bits per heavy atom. The normalized spacial score (nSPS) is 10.8. The van der Waals surface area contributed by atoms with Crippen molar-refractivity contribution in [2.45, 2.75) is 0 Å². The van der Waals surface area contributed by atoms with Gasteiger partial charge in [0.2, 0.25) is 0 Å². The monoisotopic (exact) mass is 468 g/mol. The summed E-state index contributed by atoms with van der Waals surface area (Å²) >= 11 is 15.4. The molecule has 0 aliphatic rings. The van der Waals surface area contributed by atoms with Crippen molar-refractivity contribution in [3.63, 3.8) is 0 Å². The first-order valence-corrected chi connectivity index (χ1v) is 8.87. The number of benzene rings is 2. The number of hydrogen-bond acceptors (Lipinski definition) is 4. The van der Waals surface area contributed by atoms with Gasteiger partial charge in [0.05, 0.1) is 10.0 Å². The Kier molecular flexibility index (Phi) is 7.25. The molecule has 0 saturated heterocycles. The smallest absolute Gasteiger partial charge is 0.341 e. The zero-order chi connectivity index (χ0) is 20.0. The van der Waals surface area contributed by atoms with Crippen LogP contribution < -0.4 is 10.1 Å². The van der Waals surface area contributed by atoms with Crippen molar-refractivity contribution in [3.8, 4) is 11.8 Å². The molecule has 0 saturated carbocycles. The lowest BCUT2D eigenvalue weighted by molar-refractivity contribution is -0.139. The molecular formula is C18H11BrCl2N2O4. The number of nitrogens with one attached hydrogen (secondary N) is 1. The molecule has 0 aliphatic heterocycles. The minimum Gasteiger partial charge on any atom is -0.479 e. The molecule has 0 aromatic heterocycles. The lowest BCUT2D eigenvalue weighted by Gasteiger charge is -2.09. The Balaban J connectivity index is 2.23. The molecule has 2 rings (SSSR count). The van der Waals surface area contributed by atoms with Crippen LogP contribution in [-0.4, -0.2) is 23.6 Å². The molecule has 6 nitrogen and oxygen atoms in total. The summed E-state index contributed by atoms with van der Waals surface area (Å²) in [6.07, 6.45) is 1.31. The standard InChI is InChI=1S/C18H11BrCl2N2O4/c19-12-1-3-13(4-2-12)23-18(26)11(8-22)5-10-6-14(20)17(15(21)7-10)27-9-16(24)25/h1-7H,9H2,(H,23,26)(H,24,25)/b11-5-. The molecule has 2 N–H and O–H groups in total. The highest BCUT2D eigenvalue weighted by Crippen LogP contribution is 2.35. The number of carbonyl (C=O) groups excluding carboxylic acids is 1. The Morgan fingerprint density at radius 2 is 1.81 bits per heavy atom. The number of rotatable bonds is 6. The van der Waals surface area contributed by atoms with Gasteiger partial charge >= 0.3 is 5.97 Å². The largest absolute Gasteiger partial charge is 0.479 e. The summed E-state index contributed by atoms with van der Waals surface area (Å²) in [5.74, 6) is -1.77. The van der Waals surface area contributed by atoms with E-state index in [2.05, 4.69) is 21.2 Å². The number of halogens is 3. The van der Waals surface area contributed by atoms with E-state index in [4.69, 9.17) is 33.0 Å². The average Bonchev–Trinajstić information content (AvgIpc) is 2.60. The summed E-state index contributed by atoms with van der Waals surface area (Å²) < 4.78 is 5.87. The van der Waals surface area contributed by atoms with Gasteiger partial charge in [-0.3, -0.25) is 4.79 Å². The second-order valence-electron chi connectivity index (χ2n) is 5.13. The summed E-state index contributed by atoms with van der Waals surface area (Å²) in [4.78, 5) is 22.9. The Hall–Kier alpha value is -2.53. The third kappa shape index (κ3) is 6.00. The van der Waals surface area contributed by atoms with E-state index < -0.39 is 18.5 Å². The predicted molar refractivity (Wildman–Crippen MR) is 106 cm³/mol. The molecule has 9 heteroatoms. The third-order valence-electron chi connectivity index (χ3n) is 3.14. The third-order valence-corrected chi connectivity index (χ3v) is 4.23. The van der Waals surface area contributed by atoms with Crippen LogP contribution in [0.3, 0.4) is 0 Å². The van der Waals surface area contributed by atoms with Crippen molar-refractivity contribution >= 4 is 62.8 Å².